The zero-order valence-electron chi connectivity index (χ0n) is 18.8. The van der Waals surface area contributed by atoms with E-state index in [0.29, 0.717) is 11.4 Å². The van der Waals surface area contributed by atoms with Gasteiger partial charge in [-0.15, -0.1) is 0 Å². The molecule has 10 heteroatoms. The van der Waals surface area contributed by atoms with Gasteiger partial charge in [-0.1, -0.05) is 0 Å². The maximum absolute atomic E-state index is 13.0. The predicted octanol–water partition coefficient (Wildman–Crippen LogP) is 2.39. The summed E-state index contributed by atoms with van der Waals surface area (Å²) in [6, 6.07) is 1.53. The molecule has 0 fully saturated rings. The van der Waals surface area contributed by atoms with Crippen LogP contribution in [0.3, 0.4) is 0 Å². The second kappa shape index (κ2) is 9.29. The van der Waals surface area contributed by atoms with Crippen LogP contribution in [0.2, 0.25) is 0 Å². The van der Waals surface area contributed by atoms with Gasteiger partial charge in [-0.25, -0.2) is 9.59 Å². The van der Waals surface area contributed by atoms with Gasteiger partial charge < -0.3 is 28.4 Å². The van der Waals surface area contributed by atoms with Gasteiger partial charge in [0, 0.05) is 17.3 Å². The Kier molecular flexibility index (Phi) is 6.71. The minimum atomic E-state index is -1.00. The van der Waals surface area contributed by atoms with Crippen molar-refractivity contribution in [2.75, 3.05) is 34.7 Å². The molecule has 0 aromatic heterocycles. The lowest BCUT2D eigenvalue weighted by molar-refractivity contribution is -0.144. The molecule has 0 aliphatic carbocycles. The lowest BCUT2D eigenvalue weighted by atomic mass is 9.74. The Morgan fingerprint density at radius 2 is 1.75 bits per heavy atom. The van der Waals surface area contributed by atoms with E-state index in [1.165, 1.54) is 27.4 Å². The Morgan fingerprint density at radius 3 is 2.34 bits per heavy atom. The van der Waals surface area contributed by atoms with Crippen LogP contribution in [0.1, 0.15) is 42.6 Å². The molecule has 2 atom stereocenters. The van der Waals surface area contributed by atoms with Gasteiger partial charge in [-0.3, -0.25) is 9.79 Å². The highest BCUT2D eigenvalue weighted by Gasteiger charge is 2.45. The Morgan fingerprint density at radius 1 is 1.06 bits per heavy atom. The number of carbonyl (C=O) groups excluding carboxylic acids is 3. The molecule has 0 spiro atoms. The molecule has 0 saturated heterocycles. The zero-order chi connectivity index (χ0) is 23.6. The first-order valence-electron chi connectivity index (χ1n) is 9.90. The lowest BCUT2D eigenvalue weighted by Gasteiger charge is -2.32. The molecular formula is C22H25NO9. The van der Waals surface area contributed by atoms with Crippen molar-refractivity contribution in [3.63, 3.8) is 0 Å². The van der Waals surface area contributed by atoms with Gasteiger partial charge in [0.2, 0.25) is 12.5 Å². The molecule has 0 radical (unpaired) electrons. The van der Waals surface area contributed by atoms with Gasteiger partial charge in [-0.2, -0.15) is 0 Å². The third kappa shape index (κ3) is 3.76. The number of esters is 3. The molecular weight excluding hydrogens is 422 g/mol. The highest BCUT2D eigenvalue weighted by Crippen LogP contribution is 2.51. The predicted molar refractivity (Wildman–Crippen MR) is 111 cm³/mol. The van der Waals surface area contributed by atoms with E-state index in [9.17, 15) is 14.4 Å². The summed E-state index contributed by atoms with van der Waals surface area (Å²) in [6.07, 6.45) is 0. The first-order valence-corrected chi connectivity index (χ1v) is 9.90. The minimum absolute atomic E-state index is 0.0176. The van der Waals surface area contributed by atoms with Crippen LogP contribution >= 0.6 is 0 Å². The number of methoxy groups -OCH3 is 3. The van der Waals surface area contributed by atoms with Crippen LogP contribution in [0.4, 0.5) is 0 Å². The number of allylic oxidation sites excluding steroid dienone is 1. The third-order valence-corrected chi connectivity index (χ3v) is 5.36. The number of benzene rings is 1. The summed E-state index contributed by atoms with van der Waals surface area (Å²) in [5.74, 6) is -3.39. The molecule has 1 aromatic carbocycles. The number of aliphatic imine (C=N–C) groups is 1. The van der Waals surface area contributed by atoms with Crippen LogP contribution in [0.15, 0.2) is 22.3 Å². The maximum atomic E-state index is 13.0. The summed E-state index contributed by atoms with van der Waals surface area (Å²) < 4.78 is 31.7. The Hall–Kier alpha value is -3.56. The smallest absolute Gasteiger partial charge is 0.342 e. The minimum Gasteiger partial charge on any atom is -0.493 e. The topological polar surface area (TPSA) is 119 Å². The Labute approximate surface area is 185 Å². The summed E-state index contributed by atoms with van der Waals surface area (Å²) in [7, 11) is 3.89. The van der Waals surface area contributed by atoms with E-state index in [-0.39, 0.29) is 47.3 Å². The van der Waals surface area contributed by atoms with E-state index in [2.05, 4.69) is 4.99 Å². The van der Waals surface area contributed by atoms with E-state index in [4.69, 9.17) is 28.4 Å². The van der Waals surface area contributed by atoms with Gasteiger partial charge >= 0.3 is 17.9 Å². The summed E-state index contributed by atoms with van der Waals surface area (Å²) in [6.45, 7) is 4.94. The van der Waals surface area contributed by atoms with Crippen molar-refractivity contribution in [3.05, 3.63) is 28.5 Å². The van der Waals surface area contributed by atoms with Crippen molar-refractivity contribution in [1.82, 2.24) is 0 Å². The highest BCUT2D eigenvalue weighted by molar-refractivity contribution is 6.08. The van der Waals surface area contributed by atoms with E-state index in [0.717, 1.165) is 0 Å². The van der Waals surface area contributed by atoms with Crippen LogP contribution < -0.4 is 14.2 Å². The average molecular weight is 447 g/mol. The second-order valence-electron chi connectivity index (χ2n) is 7.05. The molecule has 0 N–H and O–H groups in total. The molecule has 2 unspecified atom stereocenters. The first-order chi connectivity index (χ1) is 15.3. The number of nitrogens with zero attached hydrogens (tertiary/aromatic N) is 1. The lowest BCUT2D eigenvalue weighted by Crippen LogP contribution is -2.37. The fourth-order valence-electron chi connectivity index (χ4n) is 4.05. The fraction of sp³-hybridized carbons (Fsp3) is 0.455. The van der Waals surface area contributed by atoms with Crippen LogP contribution in [-0.2, 0) is 23.8 Å². The molecule has 3 rings (SSSR count). The molecule has 0 bridgehead atoms. The van der Waals surface area contributed by atoms with Crippen molar-refractivity contribution in [1.29, 1.82) is 0 Å². The molecule has 0 amide bonds. The van der Waals surface area contributed by atoms with E-state index < -0.39 is 29.7 Å². The van der Waals surface area contributed by atoms with Gasteiger partial charge in [0.25, 0.3) is 0 Å². The summed E-state index contributed by atoms with van der Waals surface area (Å²) in [5.41, 5.74) is 1.19. The number of carbonyl (C=O) groups is 3. The van der Waals surface area contributed by atoms with E-state index in [1.54, 1.807) is 20.8 Å². The largest absolute Gasteiger partial charge is 0.493 e. The average Bonchev–Trinajstić information content (AvgIpc) is 3.26. The monoisotopic (exact) mass is 447 g/mol. The molecule has 2 aliphatic rings. The Bertz CT molecular complexity index is 1020. The van der Waals surface area contributed by atoms with Gasteiger partial charge in [0.05, 0.1) is 33.5 Å². The number of hydrogen-bond acceptors (Lipinski definition) is 10. The van der Waals surface area contributed by atoms with Crippen molar-refractivity contribution in [3.8, 4) is 17.2 Å². The SMILES string of the molecule is CCOC(=O)C1=C(C)N=C(C)C(C(=O)OC)C1c1cc(OC)c2c(c1C(=O)OC)OCO2. The van der Waals surface area contributed by atoms with Crippen molar-refractivity contribution in [2.24, 2.45) is 10.9 Å². The fourth-order valence-corrected chi connectivity index (χ4v) is 4.05. The van der Waals surface area contributed by atoms with Crippen LogP contribution in [0, 0.1) is 5.92 Å². The normalized spacial score (nSPS) is 19.2. The van der Waals surface area contributed by atoms with Crippen molar-refractivity contribution < 1.29 is 42.8 Å². The summed E-state index contributed by atoms with van der Waals surface area (Å²) >= 11 is 0. The maximum Gasteiger partial charge on any atom is 0.342 e. The number of rotatable bonds is 6. The van der Waals surface area contributed by atoms with Crippen molar-refractivity contribution >= 4 is 23.6 Å². The Balaban J connectivity index is 2.39. The summed E-state index contributed by atoms with van der Waals surface area (Å²) in [4.78, 5) is 43.1. The van der Waals surface area contributed by atoms with Gasteiger partial charge in [-0.05, 0) is 32.4 Å². The molecule has 0 saturated carbocycles. The highest BCUT2D eigenvalue weighted by atomic mass is 16.7. The van der Waals surface area contributed by atoms with Gasteiger partial charge in [0.15, 0.2) is 11.5 Å². The van der Waals surface area contributed by atoms with Crippen LogP contribution in [0.5, 0.6) is 17.2 Å². The third-order valence-electron chi connectivity index (χ3n) is 5.36. The van der Waals surface area contributed by atoms with E-state index >= 15 is 0 Å². The van der Waals surface area contributed by atoms with Gasteiger partial charge in [0.1, 0.15) is 11.5 Å². The first kappa shape index (κ1) is 23.1. The second-order valence-corrected chi connectivity index (χ2v) is 7.05. The van der Waals surface area contributed by atoms with E-state index in [1.807, 2.05) is 0 Å². The number of ether oxygens (including phenoxy) is 6. The molecule has 2 aliphatic heterocycles. The molecule has 32 heavy (non-hydrogen) atoms. The molecule has 2 heterocycles. The molecule has 172 valence electrons. The standard InChI is InChI=1S/C22H25NO9/c1-7-30-22(26)15-11(3)23-10(2)14(20(24)28-5)16(15)12-8-13(27-4)18-19(32-9-31-18)17(12)21(25)29-6/h8,14,16H,7,9H2,1-6H3. The molecule has 10 nitrogen and oxygen atoms in total. The number of hydrogen-bond donors (Lipinski definition) is 0. The van der Waals surface area contributed by atoms with Crippen LogP contribution in [0.25, 0.3) is 0 Å². The zero-order valence-corrected chi connectivity index (χ0v) is 18.8. The quantitative estimate of drug-likeness (QED) is 0.478. The molecule has 1 aromatic rings. The van der Waals surface area contributed by atoms with Crippen molar-refractivity contribution in [2.45, 2.75) is 26.7 Å². The van der Waals surface area contributed by atoms with Crippen LogP contribution in [-0.4, -0.2) is 58.3 Å². The number of fused-ring (bicyclic) bond motifs is 1. The summed E-state index contributed by atoms with van der Waals surface area (Å²) in [5, 5.41) is 0.